The number of likely N-dealkylation sites (tertiary alicyclic amines) is 1. The minimum Gasteiger partial charge on any atom is -0.327 e. The fourth-order valence-corrected chi connectivity index (χ4v) is 1.98. The zero-order chi connectivity index (χ0) is 10.6. The van der Waals surface area contributed by atoms with E-state index in [4.69, 9.17) is 5.73 Å². The summed E-state index contributed by atoms with van der Waals surface area (Å²) in [4.78, 5) is 4.78. The van der Waals surface area contributed by atoms with Gasteiger partial charge in [0.2, 0.25) is 0 Å². The van der Waals surface area contributed by atoms with Gasteiger partial charge >= 0.3 is 0 Å². The van der Waals surface area contributed by atoms with E-state index < -0.39 is 0 Å². The maximum absolute atomic E-state index is 5.55. The monoisotopic (exact) mass is 197 g/mol. The first-order valence-corrected chi connectivity index (χ1v) is 5.39. The number of piperidine rings is 1. The minimum atomic E-state index is 0.614. The maximum Gasteiger partial charge on any atom is 0.0217 e. The summed E-state index contributed by atoms with van der Waals surface area (Å²) in [5.74, 6) is 0. The Bertz CT molecular complexity index is 189. The van der Waals surface area contributed by atoms with Gasteiger partial charge in [-0.3, -0.25) is 4.90 Å². The van der Waals surface area contributed by atoms with Crippen molar-refractivity contribution in [2.24, 2.45) is 5.73 Å². The summed E-state index contributed by atoms with van der Waals surface area (Å²) in [5.41, 5.74) is 6.69. The molecule has 1 aliphatic rings. The van der Waals surface area contributed by atoms with Crippen molar-refractivity contribution in [1.29, 1.82) is 0 Å². The first-order valence-electron chi connectivity index (χ1n) is 5.39. The van der Waals surface area contributed by atoms with Crippen molar-refractivity contribution in [3.05, 3.63) is 12.2 Å². The quantitative estimate of drug-likeness (QED) is 0.667. The van der Waals surface area contributed by atoms with Crippen molar-refractivity contribution in [3.8, 4) is 0 Å². The molecule has 0 bridgehead atoms. The Morgan fingerprint density at radius 1 is 1.57 bits per heavy atom. The molecule has 14 heavy (non-hydrogen) atoms. The smallest absolute Gasteiger partial charge is 0.0217 e. The average molecular weight is 197 g/mol. The fourth-order valence-electron chi connectivity index (χ4n) is 1.98. The van der Waals surface area contributed by atoms with E-state index in [0.717, 1.165) is 18.7 Å². The van der Waals surface area contributed by atoms with Gasteiger partial charge in [-0.05, 0) is 39.1 Å². The standard InChI is InChI=1S/C11H23N3/c1-10(7-12)8-14-6-4-5-11(9-14)13(2)3/h11H,1,4-9,12H2,2-3H3. The zero-order valence-electron chi connectivity index (χ0n) is 9.50. The van der Waals surface area contributed by atoms with Gasteiger partial charge in [-0.1, -0.05) is 6.58 Å². The third-order valence-electron chi connectivity index (χ3n) is 2.95. The van der Waals surface area contributed by atoms with Gasteiger partial charge in [-0.2, -0.15) is 0 Å². The molecule has 0 aliphatic carbocycles. The molecule has 1 rings (SSSR count). The largest absolute Gasteiger partial charge is 0.327 e. The van der Waals surface area contributed by atoms with Crippen molar-refractivity contribution in [1.82, 2.24) is 9.80 Å². The molecule has 1 saturated heterocycles. The minimum absolute atomic E-state index is 0.614. The Morgan fingerprint density at radius 2 is 2.29 bits per heavy atom. The van der Waals surface area contributed by atoms with Crippen LogP contribution in [0.3, 0.4) is 0 Å². The van der Waals surface area contributed by atoms with Crippen LogP contribution in [-0.4, -0.2) is 56.1 Å². The summed E-state index contributed by atoms with van der Waals surface area (Å²) in [6.07, 6.45) is 2.61. The van der Waals surface area contributed by atoms with E-state index in [1.807, 2.05) is 0 Å². The predicted octanol–water partition coefficient (Wildman–Crippen LogP) is 0.527. The van der Waals surface area contributed by atoms with Crippen LogP contribution < -0.4 is 5.73 Å². The molecule has 1 heterocycles. The second-order valence-electron chi connectivity index (χ2n) is 4.45. The van der Waals surface area contributed by atoms with E-state index in [9.17, 15) is 0 Å². The Morgan fingerprint density at radius 3 is 2.86 bits per heavy atom. The van der Waals surface area contributed by atoms with Crippen molar-refractivity contribution in [3.63, 3.8) is 0 Å². The molecule has 0 aromatic carbocycles. The van der Waals surface area contributed by atoms with Gasteiger partial charge in [-0.25, -0.2) is 0 Å². The summed E-state index contributed by atoms with van der Waals surface area (Å²) < 4.78 is 0. The van der Waals surface area contributed by atoms with Crippen LogP contribution in [0.2, 0.25) is 0 Å². The van der Waals surface area contributed by atoms with Gasteiger partial charge in [0, 0.05) is 25.7 Å². The third-order valence-corrected chi connectivity index (χ3v) is 2.95. The third kappa shape index (κ3) is 3.40. The Hall–Kier alpha value is -0.380. The van der Waals surface area contributed by atoms with Crippen LogP contribution in [0.25, 0.3) is 0 Å². The topological polar surface area (TPSA) is 32.5 Å². The summed E-state index contributed by atoms with van der Waals surface area (Å²) in [5, 5.41) is 0. The number of nitrogens with zero attached hydrogens (tertiary/aromatic N) is 2. The molecule has 1 fully saturated rings. The molecule has 0 amide bonds. The zero-order valence-corrected chi connectivity index (χ0v) is 9.50. The number of rotatable bonds is 4. The van der Waals surface area contributed by atoms with Crippen molar-refractivity contribution < 1.29 is 0 Å². The molecule has 82 valence electrons. The van der Waals surface area contributed by atoms with E-state index in [2.05, 4.69) is 30.5 Å². The molecule has 1 unspecified atom stereocenters. The van der Waals surface area contributed by atoms with Crippen LogP contribution in [-0.2, 0) is 0 Å². The molecule has 0 aromatic rings. The highest BCUT2D eigenvalue weighted by atomic mass is 15.2. The summed E-state index contributed by atoms with van der Waals surface area (Å²) in [6, 6.07) is 0.703. The number of likely N-dealkylation sites (N-methyl/N-ethyl adjacent to an activating group) is 1. The van der Waals surface area contributed by atoms with E-state index in [0.29, 0.717) is 12.6 Å². The normalized spacial score (nSPS) is 24.1. The predicted molar refractivity (Wildman–Crippen MR) is 61.3 cm³/mol. The summed E-state index contributed by atoms with van der Waals surface area (Å²) in [7, 11) is 4.32. The first kappa shape index (κ1) is 11.7. The van der Waals surface area contributed by atoms with E-state index in [1.54, 1.807) is 0 Å². The molecule has 0 saturated carbocycles. The highest BCUT2D eigenvalue weighted by Crippen LogP contribution is 2.14. The Kier molecular flexibility index (Phi) is 4.58. The molecule has 2 N–H and O–H groups in total. The van der Waals surface area contributed by atoms with Crippen LogP contribution in [0.4, 0.5) is 0 Å². The first-order chi connectivity index (χ1) is 6.63. The van der Waals surface area contributed by atoms with Crippen LogP contribution >= 0.6 is 0 Å². The van der Waals surface area contributed by atoms with Crippen LogP contribution in [0.1, 0.15) is 12.8 Å². The molecule has 3 nitrogen and oxygen atoms in total. The highest BCUT2D eigenvalue weighted by Gasteiger charge is 2.20. The molecular formula is C11H23N3. The summed E-state index contributed by atoms with van der Waals surface area (Å²) in [6.45, 7) is 7.90. The molecule has 1 atom stereocenters. The van der Waals surface area contributed by atoms with Crippen molar-refractivity contribution >= 4 is 0 Å². The molecule has 3 heteroatoms. The van der Waals surface area contributed by atoms with Crippen LogP contribution in [0.5, 0.6) is 0 Å². The lowest BCUT2D eigenvalue weighted by Gasteiger charge is -2.36. The number of nitrogens with two attached hydrogens (primary N) is 1. The van der Waals surface area contributed by atoms with Gasteiger partial charge in [0.25, 0.3) is 0 Å². The van der Waals surface area contributed by atoms with Gasteiger partial charge in [0.1, 0.15) is 0 Å². The van der Waals surface area contributed by atoms with Crippen molar-refractivity contribution in [2.45, 2.75) is 18.9 Å². The van der Waals surface area contributed by atoms with Crippen LogP contribution in [0, 0.1) is 0 Å². The van der Waals surface area contributed by atoms with Crippen molar-refractivity contribution in [2.75, 3.05) is 40.3 Å². The SMILES string of the molecule is C=C(CN)CN1CCCC(N(C)C)C1. The second-order valence-corrected chi connectivity index (χ2v) is 4.45. The molecule has 0 aromatic heterocycles. The van der Waals surface area contributed by atoms with E-state index in [-0.39, 0.29) is 0 Å². The molecule has 1 aliphatic heterocycles. The average Bonchev–Trinajstić information content (AvgIpc) is 2.18. The molecule has 0 radical (unpaired) electrons. The fraction of sp³-hybridized carbons (Fsp3) is 0.818. The number of hydrogen-bond acceptors (Lipinski definition) is 3. The molecular weight excluding hydrogens is 174 g/mol. The highest BCUT2D eigenvalue weighted by molar-refractivity contribution is 4.99. The summed E-state index contributed by atoms with van der Waals surface area (Å²) >= 11 is 0. The lowest BCUT2D eigenvalue weighted by Crippen LogP contribution is -2.45. The second kappa shape index (κ2) is 5.49. The van der Waals surface area contributed by atoms with Gasteiger partial charge in [0.15, 0.2) is 0 Å². The Labute approximate surface area is 87.6 Å². The maximum atomic E-state index is 5.55. The molecule has 0 spiro atoms. The number of hydrogen-bond donors (Lipinski definition) is 1. The lowest BCUT2D eigenvalue weighted by molar-refractivity contribution is 0.141. The van der Waals surface area contributed by atoms with Gasteiger partial charge in [0.05, 0.1) is 0 Å². The van der Waals surface area contributed by atoms with Crippen LogP contribution in [0.15, 0.2) is 12.2 Å². The van der Waals surface area contributed by atoms with Gasteiger partial charge < -0.3 is 10.6 Å². The Balaban J connectivity index is 2.36. The van der Waals surface area contributed by atoms with E-state index in [1.165, 1.54) is 19.4 Å². The van der Waals surface area contributed by atoms with E-state index >= 15 is 0 Å². The lowest BCUT2D eigenvalue weighted by atomic mass is 10.0. The van der Waals surface area contributed by atoms with Gasteiger partial charge in [-0.15, -0.1) is 0 Å².